The molecule has 0 radical (unpaired) electrons. The molecule has 5 heterocycles. The molecule has 1 fully saturated rings. The van der Waals surface area contributed by atoms with Crippen LogP contribution in [0.1, 0.15) is 123 Å². The van der Waals surface area contributed by atoms with Gasteiger partial charge in [0, 0.05) is 119 Å². The first-order valence-corrected chi connectivity index (χ1v) is 36.0. The zero-order valence-corrected chi connectivity index (χ0v) is 59.9. The van der Waals surface area contributed by atoms with E-state index in [1.807, 2.05) is 0 Å². The molecule has 4 amide bonds. The summed E-state index contributed by atoms with van der Waals surface area (Å²) in [7, 11) is -7.94. The number of aliphatic hydroxyl groups excluding tert-OH is 1. The topological polar surface area (TPSA) is 444 Å². The summed E-state index contributed by atoms with van der Waals surface area (Å²) >= 11 is 0. The van der Waals surface area contributed by atoms with Gasteiger partial charge in [0.25, 0.3) is 11.7 Å². The molecule has 1 spiro atoms. The Morgan fingerprint density at radius 2 is 1.49 bits per heavy atom. The number of allylic oxidation sites excluding steroid dienone is 2. The van der Waals surface area contributed by atoms with Gasteiger partial charge in [0.15, 0.2) is 16.8 Å². The molecule has 33 heteroatoms. The molecule has 5 aliphatic rings. The van der Waals surface area contributed by atoms with Crippen molar-refractivity contribution in [2.24, 2.45) is 39.6 Å². The van der Waals surface area contributed by atoms with Crippen molar-refractivity contribution in [1.82, 2.24) is 15.1 Å². The number of piperidine rings is 1. The van der Waals surface area contributed by atoms with Crippen LogP contribution in [0, 0.1) is 36.5 Å². The number of fused-ring (bicyclic) bond motifs is 13. The summed E-state index contributed by atoms with van der Waals surface area (Å²) < 4.78 is 64.1. The van der Waals surface area contributed by atoms with Gasteiger partial charge in [-0.2, -0.15) is 0 Å². The van der Waals surface area contributed by atoms with E-state index in [9.17, 15) is 77.6 Å². The number of hydrogen-bond donors (Lipinski definition) is 10. The standard InChI is InChI=1S/C67H91N7O24P2/c1-14-47(77)93-33-94-65(85)69-44(22-23-46(76)68-43-20-18-42(19-21-43)30-49(99(86,87)88)100(89,90)91)64(84)73(12)32-48(78)97-59-35(4)16-15-17-36(5)63(83)70-55-54-53(71-67(72-54)25-27-74(28-26-67)31-34(2)3)50-51(58(55)81)57(80)40(9)61-52(50)62(82)66(11,98-61)95-29-24-45(92-13)37(6)60(96-41(10)75)39(8)56(79)38(59)7/h15-21,24,29,34-35,37-39,44-45,49,56,59-60,79-81H,14,22-23,25-28,30-33H2,1-13H3,(H,68,76)(H,69,85)(H,70,83)(H2,86,87,88)(H2,89,90,91)/b16-15+,29-24+,36-17-/t35-,37+,38-,39+,44+,45-,56+,59-,60+,66-/m0/s1. The van der Waals surface area contributed by atoms with Gasteiger partial charge < -0.3 is 93.8 Å². The molecule has 100 heavy (non-hydrogen) atoms. The van der Waals surface area contributed by atoms with Crippen LogP contribution in [0.3, 0.4) is 0 Å². The highest BCUT2D eigenvalue weighted by Gasteiger charge is 2.51. The highest BCUT2D eigenvalue weighted by atomic mass is 31.2. The molecule has 3 aromatic rings. The molecule has 548 valence electrons. The van der Waals surface area contributed by atoms with Crippen molar-refractivity contribution in [3.8, 4) is 17.2 Å². The van der Waals surface area contributed by atoms with Crippen LogP contribution in [-0.2, 0) is 72.7 Å². The number of amides is 4. The Morgan fingerprint density at radius 3 is 2.09 bits per heavy atom. The molecular weight excluding hydrogens is 1350 g/mol. The van der Waals surface area contributed by atoms with Gasteiger partial charge in [0.05, 0.1) is 34.8 Å². The molecule has 0 saturated carbocycles. The number of methoxy groups -OCH3 is 1. The van der Waals surface area contributed by atoms with Gasteiger partial charge in [-0.05, 0) is 56.4 Å². The summed E-state index contributed by atoms with van der Waals surface area (Å²) in [6.45, 7) is 18.1. The van der Waals surface area contributed by atoms with Crippen LogP contribution in [-0.4, -0.2) is 187 Å². The van der Waals surface area contributed by atoms with Gasteiger partial charge in [-0.15, -0.1) is 0 Å². The summed E-state index contributed by atoms with van der Waals surface area (Å²) in [5.74, 6) is -12.2. The zero-order valence-electron chi connectivity index (χ0n) is 58.1. The number of Topliss-reactive ketones (excluding diaryl/α,β-unsaturated/α-hetero) is 1. The van der Waals surface area contributed by atoms with Crippen LogP contribution >= 0.6 is 15.2 Å². The van der Waals surface area contributed by atoms with Crippen LogP contribution in [0.4, 0.5) is 16.2 Å². The molecule has 10 N–H and O–H groups in total. The lowest BCUT2D eigenvalue weighted by Crippen LogP contribution is -2.50. The van der Waals surface area contributed by atoms with Gasteiger partial charge in [0.1, 0.15) is 47.3 Å². The molecule has 5 aliphatic heterocycles. The molecule has 3 aromatic carbocycles. The van der Waals surface area contributed by atoms with E-state index >= 15 is 4.79 Å². The lowest BCUT2D eigenvalue weighted by Gasteiger charge is -2.39. The Labute approximate surface area is 577 Å². The lowest BCUT2D eigenvalue weighted by atomic mass is 9.78. The molecule has 8 rings (SSSR count). The number of rotatable bonds is 20. The molecule has 10 atom stereocenters. The number of phenols is 2. The number of hydrogen-bond acceptors (Lipinski definition) is 23. The number of alkyl carbamates (subject to hydrolysis) is 1. The highest BCUT2D eigenvalue weighted by molar-refractivity contribution is 7.70. The van der Waals surface area contributed by atoms with Gasteiger partial charge in [-0.1, -0.05) is 78.8 Å². The van der Waals surface area contributed by atoms with E-state index in [-0.39, 0.29) is 67.3 Å². The highest BCUT2D eigenvalue weighted by Crippen LogP contribution is 2.61. The first-order valence-electron chi connectivity index (χ1n) is 32.7. The summed E-state index contributed by atoms with van der Waals surface area (Å²) in [5, 5.41) is 42.3. The maximum atomic E-state index is 15.0. The van der Waals surface area contributed by atoms with E-state index in [0.717, 1.165) is 11.4 Å². The summed E-state index contributed by atoms with van der Waals surface area (Å²) in [6, 6.07) is 3.52. The van der Waals surface area contributed by atoms with Crippen LogP contribution < -0.4 is 31.4 Å². The number of phenolic OH excluding ortho intramolecular Hbond substituents is 2. The number of nitrogens with zero attached hydrogens (tertiary/aromatic N) is 4. The van der Waals surface area contributed by atoms with E-state index in [0.29, 0.717) is 31.8 Å². The Morgan fingerprint density at radius 1 is 0.860 bits per heavy atom. The molecular formula is C67H91N7O24P2. The number of nitrogens with one attached hydrogen (secondary N) is 3. The molecule has 0 aliphatic carbocycles. The molecule has 31 nitrogen and oxygen atoms in total. The summed E-state index contributed by atoms with van der Waals surface area (Å²) in [6.07, 6.45) is 0.152. The van der Waals surface area contributed by atoms with Gasteiger partial charge in [-0.25, -0.2) is 4.79 Å². The number of ketones is 1. The van der Waals surface area contributed by atoms with Crippen LogP contribution in [0.2, 0.25) is 0 Å². The quantitative estimate of drug-likeness (QED) is 0.0222. The minimum absolute atomic E-state index is 0.0276. The van der Waals surface area contributed by atoms with E-state index in [4.69, 9.17) is 43.1 Å². The fourth-order valence-electron chi connectivity index (χ4n) is 12.7. The minimum atomic E-state index is -5.25. The average molecular weight is 1440 g/mol. The number of carbonyl (C=O) groups excluding carboxylic acids is 8. The van der Waals surface area contributed by atoms with E-state index in [1.165, 1.54) is 97.5 Å². The van der Waals surface area contributed by atoms with Crippen LogP contribution in [0.15, 0.2) is 70.4 Å². The second kappa shape index (κ2) is 32.7. The number of aromatic hydroxyl groups is 2. The largest absolute Gasteiger partial charge is 0.507 e. The summed E-state index contributed by atoms with van der Waals surface area (Å²) in [5.41, 5.74) is -0.969. The van der Waals surface area contributed by atoms with Crippen molar-refractivity contribution in [1.29, 1.82) is 0 Å². The predicted molar refractivity (Wildman–Crippen MR) is 360 cm³/mol. The summed E-state index contributed by atoms with van der Waals surface area (Å²) in [4.78, 5) is 161. The predicted octanol–water partition coefficient (Wildman–Crippen LogP) is 5.41. The zero-order chi connectivity index (χ0) is 74.3. The molecule has 0 aromatic heterocycles. The molecule has 0 unspecified atom stereocenters. The van der Waals surface area contributed by atoms with Crippen molar-refractivity contribution < 1.29 is 116 Å². The van der Waals surface area contributed by atoms with E-state index in [1.54, 1.807) is 33.8 Å². The third-order valence-electron chi connectivity index (χ3n) is 18.2. The number of likely N-dealkylation sites (N-methyl/N-ethyl adjacent to an activating group) is 1. The SMILES string of the molecule is CCC(=O)OCOC(=O)N[C@H](CCC(=O)Nc1ccc(CC(P(=O)(O)O)P(=O)(O)O)cc1)C(=O)N(C)CC(=O)O[C@@H]1[C@@H](C)[C@@H](O)[C@@H](C)[C@H](OC(C)=O)[C@H](C)[C@@H](OC)/C=C/O[C@@]2(C)Oc3c(C)c(O)c4c(O)c(c5c(c4c3C2=O)=NC2(CCN(CC(C)C)CC2)N=5)NC(=O)/C(C)=C\C=C\[C@@H]1C. The fraction of sp³-hybridized carbons (Fsp3) is 0.552. The van der Waals surface area contributed by atoms with Crippen LogP contribution in [0.5, 0.6) is 17.2 Å². The van der Waals surface area contributed by atoms with Crippen molar-refractivity contribution in [3.05, 3.63) is 87.8 Å². The third kappa shape index (κ3) is 18.7. The monoisotopic (exact) mass is 1440 g/mol. The number of benzene rings is 3. The van der Waals surface area contributed by atoms with E-state index in [2.05, 4.69) is 34.7 Å². The maximum absolute atomic E-state index is 15.0. The Hall–Kier alpha value is -8.12. The number of likely N-dealkylation sites (tertiary alicyclic amines) is 1. The number of anilines is 2. The Bertz CT molecular complexity index is 3930. The van der Waals surface area contributed by atoms with Gasteiger partial charge in [0.2, 0.25) is 18.6 Å². The first kappa shape index (κ1) is 79.2. The smallest absolute Gasteiger partial charge is 0.410 e. The van der Waals surface area contributed by atoms with Crippen molar-refractivity contribution in [2.75, 3.05) is 57.8 Å². The fourth-order valence-corrected chi connectivity index (χ4v) is 15.2. The first-order chi connectivity index (χ1) is 46.7. The van der Waals surface area contributed by atoms with Crippen LogP contribution in [0.25, 0.3) is 10.8 Å². The minimum Gasteiger partial charge on any atom is -0.507 e. The second-order valence-corrected chi connectivity index (χ2v) is 30.4. The molecule has 5 bridgehead atoms. The Kier molecular flexibility index (Phi) is 25.9. The number of ether oxygens (including phenoxy) is 7. The molecule has 1 saturated heterocycles. The average Bonchev–Trinajstić information content (AvgIpc) is 1.52. The number of aliphatic hydroxyl groups is 1. The number of carbonyl (C=O) groups is 8. The second-order valence-electron chi connectivity index (χ2n) is 26.4. The number of esters is 3. The van der Waals surface area contributed by atoms with Gasteiger partial charge >= 0.3 is 45.0 Å². The Balaban J connectivity index is 1.21. The normalized spacial score (nSPS) is 24.9. The van der Waals surface area contributed by atoms with E-state index < -0.39 is 178 Å². The van der Waals surface area contributed by atoms with Crippen molar-refractivity contribution >= 4 is 84.8 Å². The van der Waals surface area contributed by atoms with Crippen molar-refractivity contribution in [2.45, 2.75) is 162 Å². The maximum Gasteiger partial charge on any atom is 0.410 e. The van der Waals surface area contributed by atoms with Crippen molar-refractivity contribution in [3.63, 3.8) is 0 Å². The third-order valence-corrected chi connectivity index (χ3v) is 22.0. The van der Waals surface area contributed by atoms with Gasteiger partial charge in [-0.3, -0.25) is 52.7 Å². The lowest BCUT2D eigenvalue weighted by molar-refractivity contribution is -0.167.